The molecular weight excluding hydrogens is 416 g/mol. The lowest BCUT2D eigenvalue weighted by atomic mass is 10.1. The highest BCUT2D eigenvalue weighted by molar-refractivity contribution is 5.82. The number of anilines is 1. The minimum atomic E-state index is -0.701. The first kappa shape index (κ1) is 23.3. The quantitative estimate of drug-likeness (QED) is 0.576. The van der Waals surface area contributed by atoms with Gasteiger partial charge in [0.25, 0.3) is 6.20 Å². The van der Waals surface area contributed by atoms with Crippen molar-refractivity contribution in [1.82, 2.24) is 10.6 Å². The Hall–Kier alpha value is -3.36. The number of hydrogen-bond donors (Lipinski definition) is 2. The number of nitriles is 1. The number of rotatable bonds is 8. The highest BCUT2D eigenvalue weighted by Gasteiger charge is 2.25. The molecule has 11 nitrogen and oxygen atoms in total. The first-order valence-corrected chi connectivity index (χ1v) is 10.4. The van der Waals surface area contributed by atoms with Crippen LogP contribution in [0.3, 0.4) is 0 Å². The fourth-order valence-corrected chi connectivity index (χ4v) is 2.89. The van der Waals surface area contributed by atoms with E-state index < -0.39 is 12.2 Å². The van der Waals surface area contributed by atoms with Crippen LogP contribution in [0.25, 0.3) is 0 Å². The molecule has 2 heterocycles. The molecule has 0 spiro atoms. The normalized spacial score (nSPS) is 15.0. The summed E-state index contributed by atoms with van der Waals surface area (Å²) in [6, 6.07) is 8.99. The van der Waals surface area contributed by atoms with E-state index in [0.717, 1.165) is 0 Å². The number of nitrogens with one attached hydrogen (secondary N) is 2. The van der Waals surface area contributed by atoms with E-state index in [1.54, 1.807) is 30.5 Å². The molecular formula is C21H29N6O5+. The second-order valence-corrected chi connectivity index (χ2v) is 8.25. The molecule has 3 rings (SSSR count). The summed E-state index contributed by atoms with van der Waals surface area (Å²) in [6.45, 7) is 8.99. The fourth-order valence-electron chi connectivity index (χ4n) is 2.89. The van der Waals surface area contributed by atoms with Crippen molar-refractivity contribution in [1.29, 1.82) is 5.26 Å². The molecule has 1 amide bonds. The van der Waals surface area contributed by atoms with Gasteiger partial charge in [-0.1, -0.05) is 12.1 Å². The molecule has 1 aliphatic heterocycles. The molecule has 32 heavy (non-hydrogen) atoms. The van der Waals surface area contributed by atoms with E-state index in [0.29, 0.717) is 44.2 Å². The Bertz CT molecular complexity index is 929. The van der Waals surface area contributed by atoms with Gasteiger partial charge in [0.15, 0.2) is 0 Å². The number of benzene rings is 1. The van der Waals surface area contributed by atoms with Crippen LogP contribution in [-0.4, -0.2) is 62.5 Å². The maximum atomic E-state index is 12.5. The number of morpholine rings is 1. The lowest BCUT2D eigenvalue weighted by Gasteiger charge is -2.25. The van der Waals surface area contributed by atoms with Gasteiger partial charge in [-0.15, -0.1) is 5.01 Å². The van der Waals surface area contributed by atoms with Crippen LogP contribution in [-0.2, 0) is 9.47 Å². The summed E-state index contributed by atoms with van der Waals surface area (Å²) in [4.78, 5) is 14.0. The molecule has 0 aliphatic carbocycles. The van der Waals surface area contributed by atoms with Crippen molar-refractivity contribution in [3.8, 4) is 11.8 Å². The first-order chi connectivity index (χ1) is 15.3. The molecule has 172 valence electrons. The van der Waals surface area contributed by atoms with Gasteiger partial charge in [-0.25, -0.2) is 4.79 Å². The SMILES string of the molecule is CC(C)(C)NCC(COc1ccccc1C#N)OC(=O)Nc1c[n+](N2CCOCC2)no1. The highest BCUT2D eigenvalue weighted by Crippen LogP contribution is 2.17. The lowest BCUT2D eigenvalue weighted by molar-refractivity contribution is -0.759. The number of ether oxygens (including phenoxy) is 3. The highest BCUT2D eigenvalue weighted by atomic mass is 16.6. The number of amides is 1. The molecule has 1 saturated heterocycles. The second kappa shape index (κ2) is 10.8. The first-order valence-electron chi connectivity index (χ1n) is 10.4. The van der Waals surface area contributed by atoms with Crippen LogP contribution in [0, 0.1) is 11.3 Å². The van der Waals surface area contributed by atoms with E-state index in [1.165, 1.54) is 4.79 Å². The summed E-state index contributed by atoms with van der Waals surface area (Å²) in [6.07, 6.45) is 0.248. The van der Waals surface area contributed by atoms with Gasteiger partial charge in [-0.3, -0.25) is 9.84 Å². The van der Waals surface area contributed by atoms with E-state index in [2.05, 4.69) is 22.0 Å². The van der Waals surface area contributed by atoms with Crippen molar-refractivity contribution in [2.24, 2.45) is 0 Å². The number of para-hydroxylation sites is 1. The van der Waals surface area contributed by atoms with E-state index in [1.807, 2.05) is 25.8 Å². The van der Waals surface area contributed by atoms with Crippen molar-refractivity contribution in [3.05, 3.63) is 36.0 Å². The zero-order valence-corrected chi connectivity index (χ0v) is 18.5. The van der Waals surface area contributed by atoms with Gasteiger partial charge in [0, 0.05) is 12.1 Å². The van der Waals surface area contributed by atoms with Gasteiger partial charge in [0.2, 0.25) is 5.27 Å². The summed E-state index contributed by atoms with van der Waals surface area (Å²) in [5.41, 5.74) is 0.228. The number of nitrogens with zero attached hydrogens (tertiary/aromatic N) is 4. The minimum absolute atomic E-state index is 0.0688. The maximum absolute atomic E-state index is 12.5. The van der Waals surface area contributed by atoms with Gasteiger partial charge in [-0.2, -0.15) is 5.26 Å². The molecule has 0 saturated carbocycles. The predicted molar refractivity (Wildman–Crippen MR) is 114 cm³/mol. The second-order valence-electron chi connectivity index (χ2n) is 8.25. The Balaban J connectivity index is 1.58. The fraction of sp³-hybridized carbons (Fsp3) is 0.524. The van der Waals surface area contributed by atoms with Crippen LogP contribution in [0.5, 0.6) is 5.75 Å². The van der Waals surface area contributed by atoms with Gasteiger partial charge in [0.05, 0.1) is 36.7 Å². The molecule has 1 atom stereocenters. The van der Waals surface area contributed by atoms with Gasteiger partial charge in [0.1, 0.15) is 24.5 Å². The molecule has 0 radical (unpaired) electrons. The molecule has 2 N–H and O–H groups in total. The molecule has 1 fully saturated rings. The monoisotopic (exact) mass is 445 g/mol. The third-order valence-electron chi connectivity index (χ3n) is 4.52. The van der Waals surface area contributed by atoms with Crippen LogP contribution < -0.4 is 25.2 Å². The van der Waals surface area contributed by atoms with Crippen LogP contribution in [0.1, 0.15) is 26.3 Å². The Morgan fingerprint density at radius 3 is 2.81 bits per heavy atom. The average molecular weight is 446 g/mol. The van der Waals surface area contributed by atoms with Crippen molar-refractivity contribution in [2.45, 2.75) is 32.4 Å². The molecule has 1 aliphatic rings. The summed E-state index contributed by atoms with van der Waals surface area (Å²) in [5.74, 6) is 0.585. The predicted octanol–water partition coefficient (Wildman–Crippen LogP) is 1.19. The summed E-state index contributed by atoms with van der Waals surface area (Å²) < 4.78 is 21.8. The molecule has 1 unspecified atom stereocenters. The molecule has 11 heteroatoms. The van der Waals surface area contributed by atoms with Crippen LogP contribution >= 0.6 is 0 Å². The Labute approximate surface area is 186 Å². The number of aromatic nitrogens is 2. The van der Waals surface area contributed by atoms with Crippen molar-refractivity contribution >= 4 is 12.0 Å². The third-order valence-corrected chi connectivity index (χ3v) is 4.52. The number of carbonyl (C=O) groups is 1. The lowest BCUT2D eigenvalue weighted by Crippen LogP contribution is -2.62. The Morgan fingerprint density at radius 1 is 1.34 bits per heavy atom. The number of hydrogen-bond acceptors (Lipinski definition) is 9. The van der Waals surface area contributed by atoms with E-state index in [9.17, 15) is 10.1 Å². The molecule has 1 aromatic carbocycles. The van der Waals surface area contributed by atoms with Crippen LogP contribution in [0.15, 0.2) is 35.0 Å². The number of carbonyl (C=O) groups excluding carboxylic acids is 1. The van der Waals surface area contributed by atoms with Gasteiger partial charge < -0.3 is 19.5 Å². The van der Waals surface area contributed by atoms with Crippen LogP contribution in [0.4, 0.5) is 10.7 Å². The van der Waals surface area contributed by atoms with Crippen molar-refractivity contribution in [3.63, 3.8) is 0 Å². The van der Waals surface area contributed by atoms with E-state index in [4.69, 9.17) is 18.7 Å². The van der Waals surface area contributed by atoms with Crippen molar-refractivity contribution < 1.29 is 28.3 Å². The van der Waals surface area contributed by atoms with Gasteiger partial charge >= 0.3 is 12.0 Å². The topological polar surface area (TPSA) is 126 Å². The van der Waals surface area contributed by atoms with Crippen LogP contribution in [0.2, 0.25) is 0 Å². The molecule has 1 aromatic heterocycles. The van der Waals surface area contributed by atoms with E-state index in [-0.39, 0.29) is 18.0 Å². The largest absolute Gasteiger partial charge is 0.488 e. The smallest absolute Gasteiger partial charge is 0.414 e. The third kappa shape index (κ3) is 7.11. The van der Waals surface area contributed by atoms with Gasteiger partial charge in [-0.05, 0) is 32.9 Å². The molecule has 2 aromatic rings. The zero-order chi connectivity index (χ0) is 23.0. The van der Waals surface area contributed by atoms with E-state index >= 15 is 0 Å². The Kier molecular flexibility index (Phi) is 7.86. The zero-order valence-electron chi connectivity index (χ0n) is 18.5. The maximum Gasteiger partial charge on any atom is 0.414 e. The summed E-state index contributed by atoms with van der Waals surface area (Å²) in [5, 5.41) is 20.9. The standard InChI is InChI=1S/C21H28N6O5/c1-21(2,3)23-13-17(15-30-18-7-5-4-6-16(18)12-22)31-20(28)24-19-14-27(25-32-19)26-8-10-29-11-9-26/h4-7,14,17,23H,8-11,13,15H2,1-3H3/p+1. The van der Waals surface area contributed by atoms with Crippen molar-refractivity contribution in [2.75, 3.05) is 49.8 Å². The summed E-state index contributed by atoms with van der Waals surface area (Å²) in [7, 11) is 0. The summed E-state index contributed by atoms with van der Waals surface area (Å²) >= 11 is 0. The Morgan fingerprint density at radius 2 is 2.09 bits per heavy atom. The minimum Gasteiger partial charge on any atom is -0.488 e. The molecule has 0 bridgehead atoms. The average Bonchev–Trinajstić information content (AvgIpc) is 3.24.